The predicted molar refractivity (Wildman–Crippen MR) is 92.4 cm³/mol. The third-order valence-electron chi connectivity index (χ3n) is 4.41. The van der Waals surface area contributed by atoms with Crippen LogP contribution < -0.4 is 0 Å². The van der Waals surface area contributed by atoms with Crippen molar-refractivity contribution in [2.24, 2.45) is 5.92 Å². The smallest absolute Gasteiger partial charge is 0.252 e. The highest BCUT2D eigenvalue weighted by molar-refractivity contribution is 7.86. The van der Waals surface area contributed by atoms with E-state index >= 15 is 0 Å². The van der Waals surface area contributed by atoms with Crippen LogP contribution in [-0.2, 0) is 16.8 Å². The van der Waals surface area contributed by atoms with Crippen LogP contribution in [0.5, 0.6) is 0 Å². The molecule has 1 aliphatic rings. The van der Waals surface area contributed by atoms with Crippen molar-refractivity contribution in [3.63, 3.8) is 0 Å². The van der Waals surface area contributed by atoms with E-state index in [1.807, 2.05) is 41.2 Å². The van der Waals surface area contributed by atoms with Crippen LogP contribution in [0.3, 0.4) is 0 Å². The minimum atomic E-state index is -3.30. The molecule has 0 atom stereocenters. The second kappa shape index (κ2) is 7.00. The Bertz CT molecular complexity index is 765. The summed E-state index contributed by atoms with van der Waals surface area (Å²) < 4.78 is 29.0. The van der Waals surface area contributed by atoms with E-state index in [1.54, 1.807) is 18.4 Å². The fourth-order valence-electron chi connectivity index (χ4n) is 2.95. The third kappa shape index (κ3) is 3.66. The maximum atomic E-state index is 12.1. The first-order valence-corrected chi connectivity index (χ1v) is 9.49. The number of nitrogens with zero attached hydrogens (tertiary/aromatic N) is 5. The van der Waals surface area contributed by atoms with Crippen molar-refractivity contribution >= 4 is 10.2 Å². The van der Waals surface area contributed by atoms with E-state index in [-0.39, 0.29) is 0 Å². The zero-order valence-corrected chi connectivity index (χ0v) is 14.9. The zero-order valence-electron chi connectivity index (χ0n) is 14.0. The maximum absolute atomic E-state index is 12.1. The molecule has 0 N–H and O–H groups in total. The first kappa shape index (κ1) is 17.1. The van der Waals surface area contributed by atoms with Gasteiger partial charge in [0.05, 0.1) is 6.20 Å². The zero-order chi connectivity index (χ0) is 17.2. The van der Waals surface area contributed by atoms with Gasteiger partial charge in [-0.3, -0.25) is 4.68 Å². The second-order valence-corrected chi connectivity index (χ2v) is 8.47. The van der Waals surface area contributed by atoms with E-state index in [2.05, 4.69) is 10.3 Å². The molecular weight excluding hydrogens is 326 g/mol. The lowest BCUT2D eigenvalue weighted by molar-refractivity contribution is 0.238. The fraction of sp³-hybridized carbons (Fsp3) is 0.500. The molecule has 1 aromatic carbocycles. The summed E-state index contributed by atoms with van der Waals surface area (Å²) in [6, 6.07) is 9.96. The topological polar surface area (TPSA) is 71.3 Å². The van der Waals surface area contributed by atoms with Crippen LogP contribution in [0.15, 0.2) is 36.5 Å². The Morgan fingerprint density at radius 3 is 2.46 bits per heavy atom. The number of benzene rings is 1. The van der Waals surface area contributed by atoms with Crippen LogP contribution in [0, 0.1) is 5.92 Å². The standard InChI is InChI=1S/C16H23N5O2S/c1-19(2)24(22,23)21-10-8-14(9-11-21)12-20-13-16(17-18-20)15-6-4-3-5-7-15/h3-7,13-14H,8-12H2,1-2H3. The van der Waals surface area contributed by atoms with Crippen molar-refractivity contribution in [3.05, 3.63) is 36.5 Å². The van der Waals surface area contributed by atoms with E-state index in [1.165, 1.54) is 4.31 Å². The molecule has 24 heavy (non-hydrogen) atoms. The lowest BCUT2D eigenvalue weighted by Crippen LogP contribution is -2.44. The molecule has 0 amide bonds. The lowest BCUT2D eigenvalue weighted by Gasteiger charge is -2.32. The SMILES string of the molecule is CN(C)S(=O)(=O)N1CCC(Cn2cc(-c3ccccc3)nn2)CC1. The van der Waals surface area contributed by atoms with E-state index in [9.17, 15) is 8.42 Å². The molecule has 1 saturated heterocycles. The number of piperidine rings is 1. The summed E-state index contributed by atoms with van der Waals surface area (Å²) in [5, 5.41) is 8.44. The summed E-state index contributed by atoms with van der Waals surface area (Å²) in [6.07, 6.45) is 3.64. The van der Waals surface area contributed by atoms with Gasteiger partial charge in [0, 0.05) is 39.3 Å². The molecule has 3 rings (SSSR count). The van der Waals surface area contributed by atoms with Crippen LogP contribution in [-0.4, -0.2) is 59.2 Å². The average Bonchev–Trinajstić information content (AvgIpc) is 3.04. The summed E-state index contributed by atoms with van der Waals surface area (Å²) in [4.78, 5) is 0. The number of hydrogen-bond donors (Lipinski definition) is 0. The van der Waals surface area contributed by atoms with Crippen LogP contribution in [0.4, 0.5) is 0 Å². The molecular formula is C16H23N5O2S. The fourth-order valence-corrected chi connectivity index (χ4v) is 4.08. The summed E-state index contributed by atoms with van der Waals surface area (Å²) in [5.41, 5.74) is 1.92. The number of hydrogen-bond acceptors (Lipinski definition) is 4. The Morgan fingerprint density at radius 1 is 1.17 bits per heavy atom. The van der Waals surface area contributed by atoms with Crippen LogP contribution in [0.1, 0.15) is 12.8 Å². The Kier molecular flexibility index (Phi) is 4.98. The van der Waals surface area contributed by atoms with Gasteiger partial charge >= 0.3 is 0 Å². The molecule has 0 radical (unpaired) electrons. The highest BCUT2D eigenvalue weighted by Crippen LogP contribution is 2.22. The molecule has 1 aromatic heterocycles. The van der Waals surface area contributed by atoms with Crippen molar-refractivity contribution < 1.29 is 8.42 Å². The summed E-state index contributed by atoms with van der Waals surface area (Å²) in [6.45, 7) is 1.90. The Labute approximate surface area is 143 Å². The maximum Gasteiger partial charge on any atom is 0.281 e. The predicted octanol–water partition coefficient (Wildman–Crippen LogP) is 1.46. The molecule has 0 saturated carbocycles. The van der Waals surface area contributed by atoms with Crippen molar-refractivity contribution in [1.82, 2.24) is 23.6 Å². The largest absolute Gasteiger partial charge is 0.281 e. The Balaban J connectivity index is 1.58. The molecule has 1 aliphatic heterocycles. The molecule has 1 fully saturated rings. The molecule has 2 heterocycles. The van der Waals surface area contributed by atoms with E-state index < -0.39 is 10.2 Å². The van der Waals surface area contributed by atoms with Crippen LogP contribution in [0.2, 0.25) is 0 Å². The molecule has 0 spiro atoms. The minimum absolute atomic E-state index is 0.420. The molecule has 8 heteroatoms. The lowest BCUT2D eigenvalue weighted by atomic mass is 9.98. The van der Waals surface area contributed by atoms with Crippen molar-refractivity contribution in [2.45, 2.75) is 19.4 Å². The minimum Gasteiger partial charge on any atom is -0.252 e. The van der Waals surface area contributed by atoms with Gasteiger partial charge in [-0.1, -0.05) is 35.5 Å². The van der Waals surface area contributed by atoms with Gasteiger partial charge in [-0.2, -0.15) is 17.0 Å². The Hall–Kier alpha value is -1.77. The molecule has 2 aromatic rings. The molecule has 0 unspecified atom stereocenters. The molecule has 0 aliphatic carbocycles. The Morgan fingerprint density at radius 2 is 1.83 bits per heavy atom. The summed E-state index contributed by atoms with van der Waals surface area (Å²) in [5.74, 6) is 0.420. The number of aromatic nitrogens is 3. The van der Waals surface area contributed by atoms with Crippen LogP contribution >= 0.6 is 0 Å². The number of rotatable bonds is 5. The first-order valence-electron chi connectivity index (χ1n) is 8.10. The van der Waals surface area contributed by atoms with Gasteiger partial charge in [0.25, 0.3) is 10.2 Å². The van der Waals surface area contributed by atoms with Crippen molar-refractivity contribution in [2.75, 3.05) is 27.2 Å². The van der Waals surface area contributed by atoms with Gasteiger partial charge in [0.15, 0.2) is 0 Å². The van der Waals surface area contributed by atoms with Gasteiger partial charge in [-0.15, -0.1) is 5.10 Å². The van der Waals surface area contributed by atoms with Gasteiger partial charge in [0.2, 0.25) is 0 Å². The van der Waals surface area contributed by atoms with Gasteiger partial charge < -0.3 is 0 Å². The van der Waals surface area contributed by atoms with E-state index in [0.717, 1.165) is 30.6 Å². The molecule has 130 valence electrons. The second-order valence-electron chi connectivity index (χ2n) is 6.32. The van der Waals surface area contributed by atoms with E-state index in [4.69, 9.17) is 0 Å². The molecule has 7 nitrogen and oxygen atoms in total. The highest BCUT2D eigenvalue weighted by Gasteiger charge is 2.29. The highest BCUT2D eigenvalue weighted by atomic mass is 32.2. The third-order valence-corrected chi connectivity index (χ3v) is 6.36. The average molecular weight is 349 g/mol. The van der Waals surface area contributed by atoms with Crippen molar-refractivity contribution in [3.8, 4) is 11.3 Å². The summed E-state index contributed by atoms with van der Waals surface area (Å²) in [7, 11) is -0.154. The van der Waals surface area contributed by atoms with Crippen LogP contribution in [0.25, 0.3) is 11.3 Å². The van der Waals surface area contributed by atoms with Gasteiger partial charge in [-0.05, 0) is 18.8 Å². The van der Waals surface area contributed by atoms with E-state index in [0.29, 0.717) is 19.0 Å². The van der Waals surface area contributed by atoms with Crippen molar-refractivity contribution in [1.29, 1.82) is 0 Å². The normalized spacial score (nSPS) is 17.5. The van der Waals surface area contributed by atoms with Gasteiger partial charge in [-0.25, -0.2) is 0 Å². The first-order chi connectivity index (χ1) is 11.5. The monoisotopic (exact) mass is 349 g/mol. The summed E-state index contributed by atoms with van der Waals surface area (Å²) >= 11 is 0. The van der Waals surface area contributed by atoms with Gasteiger partial charge in [0.1, 0.15) is 5.69 Å². The molecule has 0 bridgehead atoms. The quantitative estimate of drug-likeness (QED) is 0.819.